The summed E-state index contributed by atoms with van der Waals surface area (Å²) in [5.41, 5.74) is 4.14. The molecule has 1 aliphatic rings. The quantitative estimate of drug-likeness (QED) is 0.615. The maximum atomic E-state index is 13.0. The minimum absolute atomic E-state index is 0.0366. The van der Waals surface area contributed by atoms with Gasteiger partial charge in [0.25, 0.3) is 0 Å². The number of imidazole rings is 1. The Labute approximate surface area is 184 Å². The zero-order valence-corrected chi connectivity index (χ0v) is 18.5. The van der Waals surface area contributed by atoms with Gasteiger partial charge in [0.15, 0.2) is 0 Å². The smallest absolute Gasteiger partial charge is 0.329 e. The van der Waals surface area contributed by atoms with Crippen molar-refractivity contribution in [2.45, 2.75) is 32.4 Å². The molecule has 1 fully saturated rings. The van der Waals surface area contributed by atoms with Crippen molar-refractivity contribution in [3.63, 3.8) is 0 Å². The van der Waals surface area contributed by atoms with Crippen LogP contribution in [0.15, 0.2) is 61.1 Å². The normalized spacial score (nSPS) is 15.1. The SMILES string of the molecule is COc1ccc(-c2cn(C(=O)N(C)C3CCN(Cc4ccccc4)CC3)cn2)cc1C. The number of benzene rings is 2. The van der Waals surface area contributed by atoms with E-state index in [2.05, 4.69) is 34.1 Å². The van der Waals surface area contributed by atoms with E-state index in [0.29, 0.717) is 0 Å². The van der Waals surface area contributed by atoms with Crippen molar-refractivity contribution < 1.29 is 9.53 Å². The molecule has 0 radical (unpaired) electrons. The molecule has 4 rings (SSSR count). The lowest BCUT2D eigenvalue weighted by atomic mass is 10.0. The second-order valence-electron chi connectivity index (χ2n) is 8.24. The molecule has 1 amide bonds. The van der Waals surface area contributed by atoms with Crippen LogP contribution in [0.5, 0.6) is 5.75 Å². The van der Waals surface area contributed by atoms with E-state index in [1.807, 2.05) is 49.3 Å². The van der Waals surface area contributed by atoms with Crippen LogP contribution in [0.4, 0.5) is 4.79 Å². The second kappa shape index (κ2) is 9.35. The molecule has 1 saturated heterocycles. The summed E-state index contributed by atoms with van der Waals surface area (Å²) in [6.07, 6.45) is 5.38. The highest BCUT2D eigenvalue weighted by molar-refractivity contribution is 5.78. The maximum Gasteiger partial charge on any atom is 0.329 e. The zero-order chi connectivity index (χ0) is 21.8. The number of carbonyl (C=O) groups is 1. The fraction of sp³-hybridized carbons (Fsp3) is 0.360. The zero-order valence-electron chi connectivity index (χ0n) is 18.5. The third-order valence-corrected chi connectivity index (χ3v) is 6.15. The van der Waals surface area contributed by atoms with Crippen molar-refractivity contribution in [1.82, 2.24) is 19.4 Å². The summed E-state index contributed by atoms with van der Waals surface area (Å²) in [6, 6.07) is 16.7. The van der Waals surface area contributed by atoms with E-state index in [1.165, 1.54) is 5.56 Å². The summed E-state index contributed by atoms with van der Waals surface area (Å²) in [4.78, 5) is 21.8. The molecule has 2 aromatic carbocycles. The van der Waals surface area contributed by atoms with Crippen LogP contribution < -0.4 is 4.74 Å². The Morgan fingerprint density at radius 3 is 2.58 bits per heavy atom. The third kappa shape index (κ3) is 4.80. The summed E-state index contributed by atoms with van der Waals surface area (Å²) < 4.78 is 6.92. The van der Waals surface area contributed by atoms with Crippen molar-refractivity contribution >= 4 is 6.03 Å². The van der Waals surface area contributed by atoms with Gasteiger partial charge in [-0.2, -0.15) is 0 Å². The van der Waals surface area contributed by atoms with Crippen LogP contribution in [0.3, 0.4) is 0 Å². The Morgan fingerprint density at radius 1 is 1.16 bits per heavy atom. The van der Waals surface area contributed by atoms with Crippen molar-refractivity contribution in [2.24, 2.45) is 0 Å². The molecule has 0 bridgehead atoms. The van der Waals surface area contributed by atoms with E-state index in [1.54, 1.807) is 18.0 Å². The van der Waals surface area contributed by atoms with E-state index in [9.17, 15) is 4.79 Å². The number of hydrogen-bond acceptors (Lipinski definition) is 4. The van der Waals surface area contributed by atoms with Crippen molar-refractivity contribution in [2.75, 3.05) is 27.2 Å². The predicted octanol–water partition coefficient (Wildman–Crippen LogP) is 4.43. The fourth-order valence-electron chi connectivity index (χ4n) is 4.26. The molecule has 162 valence electrons. The Bertz CT molecular complexity index is 1020. The first-order valence-electron chi connectivity index (χ1n) is 10.8. The molecule has 0 aliphatic carbocycles. The summed E-state index contributed by atoms with van der Waals surface area (Å²) in [5.74, 6) is 0.845. The lowest BCUT2D eigenvalue weighted by molar-refractivity contribution is 0.132. The van der Waals surface area contributed by atoms with E-state index in [4.69, 9.17) is 4.74 Å². The highest BCUT2D eigenvalue weighted by atomic mass is 16.5. The lowest BCUT2D eigenvalue weighted by Crippen LogP contribution is -2.46. The van der Waals surface area contributed by atoms with Crippen LogP contribution in [0.1, 0.15) is 24.0 Å². The molecular formula is C25H30N4O2. The Morgan fingerprint density at radius 2 is 1.90 bits per heavy atom. The van der Waals surface area contributed by atoms with Gasteiger partial charge in [-0.1, -0.05) is 30.3 Å². The molecule has 1 aliphatic heterocycles. The molecule has 0 saturated carbocycles. The fourth-order valence-corrected chi connectivity index (χ4v) is 4.26. The molecule has 2 heterocycles. The number of aromatic nitrogens is 2. The minimum Gasteiger partial charge on any atom is -0.496 e. The van der Waals surface area contributed by atoms with Gasteiger partial charge < -0.3 is 9.64 Å². The standard InChI is InChI=1S/C25H30N4O2/c1-19-15-21(9-10-24(19)31-3)23-17-29(18-26-23)25(30)27(2)22-11-13-28(14-12-22)16-20-7-5-4-6-8-20/h4-10,15,17-18,22H,11-14,16H2,1-3H3. The number of methoxy groups -OCH3 is 1. The maximum absolute atomic E-state index is 13.0. The number of amides is 1. The molecule has 3 aromatic rings. The molecule has 6 heteroatoms. The number of piperidine rings is 1. The lowest BCUT2D eigenvalue weighted by Gasteiger charge is -2.36. The molecule has 0 atom stereocenters. The first-order valence-corrected chi connectivity index (χ1v) is 10.8. The molecular weight excluding hydrogens is 388 g/mol. The van der Waals surface area contributed by atoms with Gasteiger partial charge in [-0.05, 0) is 49.1 Å². The van der Waals surface area contributed by atoms with Gasteiger partial charge in [0.2, 0.25) is 0 Å². The highest BCUT2D eigenvalue weighted by Gasteiger charge is 2.26. The average molecular weight is 419 g/mol. The van der Waals surface area contributed by atoms with E-state index >= 15 is 0 Å². The molecule has 1 aromatic heterocycles. The van der Waals surface area contributed by atoms with Crippen LogP contribution in [-0.4, -0.2) is 58.7 Å². The van der Waals surface area contributed by atoms with Gasteiger partial charge in [0, 0.05) is 44.5 Å². The Balaban J connectivity index is 1.36. The average Bonchev–Trinajstić information content (AvgIpc) is 3.29. The van der Waals surface area contributed by atoms with Crippen LogP contribution in [0, 0.1) is 6.92 Å². The monoisotopic (exact) mass is 418 g/mol. The topological polar surface area (TPSA) is 50.6 Å². The number of likely N-dealkylation sites (tertiary alicyclic amines) is 1. The van der Waals surface area contributed by atoms with Crippen molar-refractivity contribution in [1.29, 1.82) is 0 Å². The number of hydrogen-bond donors (Lipinski definition) is 0. The summed E-state index contributed by atoms with van der Waals surface area (Å²) in [7, 11) is 3.56. The molecule has 0 spiro atoms. The summed E-state index contributed by atoms with van der Waals surface area (Å²) in [5, 5.41) is 0. The number of rotatable bonds is 5. The van der Waals surface area contributed by atoms with E-state index in [0.717, 1.165) is 55.0 Å². The largest absolute Gasteiger partial charge is 0.496 e. The molecule has 0 N–H and O–H groups in total. The van der Waals surface area contributed by atoms with Crippen molar-refractivity contribution in [3.05, 3.63) is 72.2 Å². The first kappa shape index (κ1) is 21.1. The number of aryl methyl sites for hydroxylation is 1. The van der Waals surface area contributed by atoms with E-state index in [-0.39, 0.29) is 12.1 Å². The highest BCUT2D eigenvalue weighted by Crippen LogP contribution is 2.25. The number of nitrogens with zero attached hydrogens (tertiary/aromatic N) is 4. The molecule has 0 unspecified atom stereocenters. The summed E-state index contributed by atoms with van der Waals surface area (Å²) in [6.45, 7) is 4.97. The number of carbonyl (C=O) groups excluding carboxylic acids is 1. The first-order chi connectivity index (χ1) is 15.0. The molecule has 6 nitrogen and oxygen atoms in total. The van der Waals surface area contributed by atoms with Crippen LogP contribution in [0.25, 0.3) is 11.3 Å². The van der Waals surface area contributed by atoms with Gasteiger partial charge in [-0.15, -0.1) is 0 Å². The third-order valence-electron chi connectivity index (χ3n) is 6.15. The van der Waals surface area contributed by atoms with E-state index < -0.39 is 0 Å². The van der Waals surface area contributed by atoms with Gasteiger partial charge in [-0.25, -0.2) is 9.78 Å². The van der Waals surface area contributed by atoms with Gasteiger partial charge in [0.05, 0.1) is 12.8 Å². The van der Waals surface area contributed by atoms with Gasteiger partial charge >= 0.3 is 6.03 Å². The predicted molar refractivity (Wildman–Crippen MR) is 122 cm³/mol. The van der Waals surface area contributed by atoms with Crippen LogP contribution in [-0.2, 0) is 6.54 Å². The number of ether oxygens (including phenoxy) is 1. The van der Waals surface area contributed by atoms with Gasteiger partial charge in [-0.3, -0.25) is 9.47 Å². The Hall–Kier alpha value is -3.12. The van der Waals surface area contributed by atoms with Gasteiger partial charge in [0.1, 0.15) is 12.1 Å². The van der Waals surface area contributed by atoms with Crippen LogP contribution >= 0.6 is 0 Å². The Kier molecular flexibility index (Phi) is 6.37. The molecule has 31 heavy (non-hydrogen) atoms. The minimum atomic E-state index is -0.0366. The van der Waals surface area contributed by atoms with Crippen LogP contribution in [0.2, 0.25) is 0 Å². The summed E-state index contributed by atoms with van der Waals surface area (Å²) >= 11 is 0. The van der Waals surface area contributed by atoms with Crippen molar-refractivity contribution in [3.8, 4) is 17.0 Å². The second-order valence-corrected chi connectivity index (χ2v) is 8.24.